The molecule has 15 rings (SSSR count). The minimum Gasteiger partial charge on any atom is -0.496 e. The lowest BCUT2D eigenvalue weighted by molar-refractivity contribution is -0.159. The minimum atomic E-state index is -0.670. The van der Waals surface area contributed by atoms with Gasteiger partial charge in [0.25, 0.3) is 0 Å². The third-order valence-corrected chi connectivity index (χ3v) is 24.7. The fourth-order valence-electron chi connectivity index (χ4n) is 16.3. The number of nitrogens with zero attached hydrogens (tertiary/aromatic N) is 5. The topological polar surface area (TPSA) is 397 Å². The summed E-state index contributed by atoms with van der Waals surface area (Å²) in [6.07, 6.45) is 8.06. The Hall–Kier alpha value is -16.9. The fraction of sp³-hybridized carbons (Fsp3) is 0.293. The molecule has 0 bridgehead atoms. The van der Waals surface area contributed by atoms with Gasteiger partial charge in [-0.1, -0.05) is 87.4 Å². The molecule has 0 aliphatic heterocycles. The van der Waals surface area contributed by atoms with Crippen LogP contribution in [0.4, 0.5) is 73.9 Å². The van der Waals surface area contributed by atoms with Crippen molar-refractivity contribution >= 4 is 182 Å². The van der Waals surface area contributed by atoms with Gasteiger partial charge in [0.1, 0.15) is 62.3 Å². The van der Waals surface area contributed by atoms with Crippen LogP contribution in [0.25, 0.3) is 54.8 Å². The number of carbonyl (C=O) groups is 7. The zero-order valence-corrected chi connectivity index (χ0v) is 88.2. The predicted octanol–water partition coefficient (Wildman–Crippen LogP) is 23.1. The van der Waals surface area contributed by atoms with Crippen LogP contribution in [-0.4, -0.2) is 137 Å². The Morgan fingerprint density at radius 3 is 0.987 bits per heavy atom. The molecule has 5 aromatic heterocycles. The number of esters is 3. The minimum absolute atomic E-state index is 0.0395. The van der Waals surface area contributed by atoms with E-state index < -0.39 is 46.0 Å². The van der Waals surface area contributed by atoms with Gasteiger partial charge in [0, 0.05) is 166 Å². The molecule has 15 aromatic rings. The van der Waals surface area contributed by atoms with Crippen LogP contribution in [0.2, 0.25) is 0 Å². The highest BCUT2D eigenvalue weighted by Gasteiger charge is 2.30. The molecule has 0 aliphatic carbocycles. The van der Waals surface area contributed by atoms with Gasteiger partial charge in [-0.2, -0.15) is 11.8 Å². The normalized spacial score (nSPS) is 11.0. The van der Waals surface area contributed by atoms with Gasteiger partial charge in [-0.05, 0) is 217 Å². The Morgan fingerprint density at radius 2 is 0.667 bits per heavy atom. The van der Waals surface area contributed by atoms with Gasteiger partial charge in [0.15, 0.2) is 11.5 Å². The van der Waals surface area contributed by atoms with Crippen molar-refractivity contribution in [3.05, 3.63) is 300 Å². The number of hydrogen-bond donors (Lipinski definition) is 3. The van der Waals surface area contributed by atoms with Crippen LogP contribution in [0.1, 0.15) is 124 Å². The number of nitrogens with one attached hydrogen (secondary N) is 3. The van der Waals surface area contributed by atoms with Crippen molar-refractivity contribution in [2.24, 2.45) is 5.92 Å². The number of ketones is 1. The van der Waals surface area contributed by atoms with Crippen molar-refractivity contribution in [3.63, 3.8) is 0 Å². The number of Topliss-reactive ketones (excluding diaryl/α,β-unsaturated/α-hetero) is 1. The third kappa shape index (κ3) is 31.1. The van der Waals surface area contributed by atoms with E-state index in [9.17, 15) is 57.5 Å². The number of ether oxygens (including phenoxy) is 8. The highest BCUT2D eigenvalue weighted by atomic mass is 32.2. The number of anilines is 13. The van der Waals surface area contributed by atoms with Crippen LogP contribution in [0.15, 0.2) is 289 Å². The van der Waals surface area contributed by atoms with Gasteiger partial charge in [-0.3, -0.25) is 33.6 Å². The van der Waals surface area contributed by atoms with E-state index in [1.807, 2.05) is 188 Å². The molecule has 1 atom stereocenters. The Balaban J connectivity index is 0.000000179. The fourth-order valence-corrected chi connectivity index (χ4v) is 16.8. The zero-order valence-electron chi connectivity index (χ0n) is 87.4. The molecule has 0 saturated carbocycles. The van der Waals surface area contributed by atoms with Crippen molar-refractivity contribution in [2.45, 2.75) is 131 Å². The second-order valence-corrected chi connectivity index (χ2v) is 36.7. The second-order valence-electron chi connectivity index (χ2n) is 35.7. The molecule has 3 amide bonds. The maximum absolute atomic E-state index is 13.2. The van der Waals surface area contributed by atoms with Crippen LogP contribution in [-0.2, 0) is 43.0 Å². The standard InChI is InChI=1S/C28H33NO7S.C24H26N2O5.C23H24N2O6.C23H26N2O4.C18H17NO3/c1-28(2,3)36-26(31)15-18(13-14-37-6)27(32)35-24-16-19(11-12-23(24)33-5)29(4)21-17-25(30)34-22-10-8-7-9-20(21)22;1-4-7-17(27)11-13-23(28)25-19-14-16(10-12-22(19)30-3)26(2)20-15-24(29)31-21-9-6-5-8-18(20)21;1-25(18-14-23(28)31-19-8-5-4-7-16(18)19)15-11-12-20(29-2)17(13-15)24-21(26)9-6-10-22(27)30-3;1-4-5-6-11-22(26)24-18-14-16(12-13-21(18)28-3)25(2)19-15-23(27)29-20-10-8-7-9-17(19)20;1-12-10-13(8-9-16(12)21-3)19(2)15-11-18(20)22-17-7-5-4-6-14(15)17/h7-12,16-18H,13-15H2,1-6H3;5-6,8-10,12,14-15H,4,7,11,13H2,1-3H3,(H,25,28);4-5,7-8,11-14H,6,9-10H2,1-3H3,(H,24,26);7-10,12-15H,4-6,11H2,1-3H3,(H,24,26);4-11H,1-3H3. The van der Waals surface area contributed by atoms with Gasteiger partial charge in [-0.15, -0.1) is 0 Å². The molecule has 5 heterocycles. The summed E-state index contributed by atoms with van der Waals surface area (Å²) in [5.74, 6) is 1.21. The van der Waals surface area contributed by atoms with E-state index in [1.165, 1.54) is 58.8 Å². The van der Waals surface area contributed by atoms with Crippen molar-refractivity contribution in [1.29, 1.82) is 0 Å². The van der Waals surface area contributed by atoms with Crippen LogP contribution < -0.4 is 97.0 Å². The number of rotatable bonds is 38. The number of carbonyl (C=O) groups excluding carboxylic acids is 7. The molecule has 0 fully saturated rings. The Morgan fingerprint density at radius 1 is 0.347 bits per heavy atom. The van der Waals surface area contributed by atoms with E-state index in [-0.39, 0.29) is 73.0 Å². The van der Waals surface area contributed by atoms with Crippen LogP contribution in [0, 0.1) is 12.8 Å². The number of hydrogen-bond acceptors (Lipinski definition) is 31. The molecule has 786 valence electrons. The van der Waals surface area contributed by atoms with Crippen molar-refractivity contribution in [1.82, 2.24) is 0 Å². The number of unbranched alkanes of at least 4 members (excludes halogenated alkanes) is 2. The highest BCUT2D eigenvalue weighted by Crippen LogP contribution is 2.43. The van der Waals surface area contributed by atoms with Crippen molar-refractivity contribution in [2.75, 3.05) is 130 Å². The molecule has 33 nitrogen and oxygen atoms in total. The summed E-state index contributed by atoms with van der Waals surface area (Å²) in [5, 5.41) is 12.7. The van der Waals surface area contributed by atoms with Crippen molar-refractivity contribution in [3.8, 4) is 34.5 Å². The maximum atomic E-state index is 13.2. The number of para-hydroxylation sites is 5. The lowest BCUT2D eigenvalue weighted by Gasteiger charge is -2.23. The monoisotopic (exact) mass is 2060 g/mol. The van der Waals surface area contributed by atoms with E-state index in [2.05, 4.69) is 27.6 Å². The number of methoxy groups -OCH3 is 6. The molecule has 10 aromatic carbocycles. The lowest BCUT2D eigenvalue weighted by atomic mass is 10.0. The first-order valence-electron chi connectivity index (χ1n) is 48.6. The molecule has 34 heteroatoms. The van der Waals surface area contributed by atoms with Gasteiger partial charge in [-0.25, -0.2) is 24.0 Å². The highest BCUT2D eigenvalue weighted by molar-refractivity contribution is 7.98. The SMILES string of the molecule is CCCC(=O)CCC(=O)Nc1cc(N(C)c2cc(=O)oc3ccccc23)ccc1OC.CCCCCC(=O)Nc1cc(N(C)c2cc(=O)oc3ccccc23)ccc1OC.COC(=O)CCCC(=O)Nc1cc(N(C)c2cc(=O)oc3ccccc23)ccc1OC.COc1ccc(N(C)c2cc(=O)oc3ccccc23)cc1C.COc1ccc(N(C)c2cc(=O)oc3ccccc23)cc1OC(=O)C(CCSC)CC(=O)OC(C)(C)C. The average molecular weight is 2060 g/mol. The number of aryl methyl sites for hydroxylation is 1. The molecule has 0 saturated heterocycles. The van der Waals surface area contributed by atoms with E-state index in [1.54, 1.807) is 151 Å². The van der Waals surface area contributed by atoms with E-state index in [4.69, 9.17) is 55.2 Å². The van der Waals surface area contributed by atoms with E-state index in [0.29, 0.717) is 122 Å². The molecular weight excluding hydrogens is 1940 g/mol. The number of benzene rings is 10. The number of fused-ring (bicyclic) bond motifs is 5. The van der Waals surface area contributed by atoms with Crippen LogP contribution in [0.5, 0.6) is 34.5 Å². The molecule has 0 spiro atoms. The van der Waals surface area contributed by atoms with Gasteiger partial charge < -0.3 is 100 Å². The van der Waals surface area contributed by atoms with Crippen LogP contribution in [0.3, 0.4) is 0 Å². The summed E-state index contributed by atoms with van der Waals surface area (Å²) in [5.41, 5.74) is 9.87. The third-order valence-electron chi connectivity index (χ3n) is 24.0. The molecule has 1 unspecified atom stereocenters. The summed E-state index contributed by atoms with van der Waals surface area (Å²) in [4.78, 5) is 155. The smallest absolute Gasteiger partial charge is 0.338 e. The quantitative estimate of drug-likeness (QED) is 0.0140. The first-order valence-corrected chi connectivity index (χ1v) is 50.0. The molecule has 0 aliphatic rings. The molecule has 3 N–H and O–H groups in total. The summed E-state index contributed by atoms with van der Waals surface area (Å²) < 4.78 is 69.0. The van der Waals surface area contributed by atoms with E-state index in [0.717, 1.165) is 98.1 Å². The second kappa shape index (κ2) is 54.5. The summed E-state index contributed by atoms with van der Waals surface area (Å²) in [7, 11) is 18.3. The molecule has 150 heavy (non-hydrogen) atoms. The van der Waals surface area contributed by atoms with Crippen LogP contribution >= 0.6 is 11.8 Å². The summed E-state index contributed by atoms with van der Waals surface area (Å²) in [6, 6.07) is 71.3. The van der Waals surface area contributed by atoms with E-state index >= 15 is 0 Å². The Kier molecular flexibility index (Phi) is 41.2. The van der Waals surface area contributed by atoms with Gasteiger partial charge in [0.2, 0.25) is 17.7 Å². The largest absolute Gasteiger partial charge is 0.496 e. The number of thioether (sulfide) groups is 1. The molecule has 0 radical (unpaired) electrons. The Labute approximate surface area is 872 Å². The Bertz CT molecular complexity index is 7620. The number of amides is 3. The zero-order chi connectivity index (χ0) is 108. The molecular formula is C116H126N8O25S. The maximum Gasteiger partial charge on any atom is 0.338 e. The van der Waals surface area contributed by atoms with Gasteiger partial charge in [0.05, 0.1) is 100 Å². The first kappa shape index (κ1) is 113. The first-order chi connectivity index (χ1) is 72.0. The average Bonchev–Trinajstić information content (AvgIpc) is 0.799. The predicted molar refractivity (Wildman–Crippen MR) is 590 cm³/mol. The lowest BCUT2D eigenvalue weighted by Crippen LogP contribution is -2.29. The van der Waals surface area contributed by atoms with Gasteiger partial charge >= 0.3 is 46.0 Å². The van der Waals surface area contributed by atoms with Crippen molar-refractivity contribution < 1.29 is 93.5 Å². The summed E-state index contributed by atoms with van der Waals surface area (Å²) in [6.45, 7) is 11.4. The summed E-state index contributed by atoms with van der Waals surface area (Å²) >= 11 is 1.58.